The van der Waals surface area contributed by atoms with Crippen molar-refractivity contribution in [2.75, 3.05) is 0 Å². The lowest BCUT2D eigenvalue weighted by Gasteiger charge is -2.22. The normalized spacial score (nSPS) is 14.1. The van der Waals surface area contributed by atoms with Crippen LogP contribution in [0.15, 0.2) is 64.4 Å². The summed E-state index contributed by atoms with van der Waals surface area (Å²) in [5.41, 5.74) is 2.05. The number of hydrogen-bond donors (Lipinski definition) is 1. The second-order valence-electron chi connectivity index (χ2n) is 7.64. The van der Waals surface area contributed by atoms with Crippen molar-refractivity contribution in [3.05, 3.63) is 71.3 Å². The van der Waals surface area contributed by atoms with Gasteiger partial charge in [-0.05, 0) is 46.7 Å². The van der Waals surface area contributed by atoms with Crippen LogP contribution < -0.4 is 0 Å². The van der Waals surface area contributed by atoms with Gasteiger partial charge in [-0.2, -0.15) is 0 Å². The van der Waals surface area contributed by atoms with Gasteiger partial charge in [0.25, 0.3) is 11.8 Å². The van der Waals surface area contributed by atoms with Crippen LogP contribution in [0.5, 0.6) is 0 Å². The first-order valence-corrected chi connectivity index (χ1v) is 9.51. The number of carbonyl (C=O) groups excluding carboxylic acids is 2. The van der Waals surface area contributed by atoms with Gasteiger partial charge in [0.05, 0.1) is 11.1 Å². The van der Waals surface area contributed by atoms with Crippen LogP contribution >= 0.6 is 11.8 Å². The minimum Gasteiger partial charge on any atom is -0.278 e. The highest BCUT2D eigenvalue weighted by Gasteiger charge is 2.32. The van der Waals surface area contributed by atoms with Crippen molar-refractivity contribution in [1.82, 2.24) is 5.06 Å². The maximum atomic E-state index is 12.3. The smallest absolute Gasteiger partial charge is 0.278 e. The molecule has 3 aromatic carbocycles. The monoisotopic (exact) mass is 377 g/mol. The molecule has 27 heavy (non-hydrogen) atoms. The van der Waals surface area contributed by atoms with E-state index >= 15 is 0 Å². The van der Waals surface area contributed by atoms with E-state index in [0.717, 1.165) is 15.2 Å². The highest BCUT2D eigenvalue weighted by atomic mass is 32.2. The summed E-state index contributed by atoms with van der Waals surface area (Å²) < 4.78 is 0. The van der Waals surface area contributed by atoms with Gasteiger partial charge in [0.1, 0.15) is 0 Å². The Kier molecular flexibility index (Phi) is 4.09. The molecule has 5 heteroatoms. The third-order valence-electron chi connectivity index (χ3n) is 4.79. The Morgan fingerprint density at radius 1 is 0.852 bits per heavy atom. The fourth-order valence-corrected chi connectivity index (χ4v) is 4.24. The van der Waals surface area contributed by atoms with E-state index in [1.807, 2.05) is 12.1 Å². The van der Waals surface area contributed by atoms with Gasteiger partial charge >= 0.3 is 0 Å². The number of amides is 2. The molecule has 1 aliphatic rings. The van der Waals surface area contributed by atoms with E-state index in [1.165, 1.54) is 5.56 Å². The van der Waals surface area contributed by atoms with Crippen LogP contribution in [0.1, 0.15) is 47.1 Å². The summed E-state index contributed by atoms with van der Waals surface area (Å²) in [4.78, 5) is 26.6. The van der Waals surface area contributed by atoms with Gasteiger partial charge in [0.15, 0.2) is 0 Å². The molecule has 0 bridgehead atoms. The minimum atomic E-state index is -0.685. The maximum Gasteiger partial charge on any atom is 0.285 e. The Balaban J connectivity index is 1.79. The van der Waals surface area contributed by atoms with Crippen LogP contribution in [0.3, 0.4) is 0 Å². The fraction of sp³-hybridized carbons (Fsp3) is 0.182. The lowest BCUT2D eigenvalue weighted by molar-refractivity contribution is -0.0377. The summed E-state index contributed by atoms with van der Waals surface area (Å²) in [5.74, 6) is -1.37. The topological polar surface area (TPSA) is 57.6 Å². The average Bonchev–Trinajstić information content (AvgIpc) is 2.65. The van der Waals surface area contributed by atoms with Crippen molar-refractivity contribution in [3.63, 3.8) is 0 Å². The van der Waals surface area contributed by atoms with E-state index in [9.17, 15) is 14.8 Å². The van der Waals surface area contributed by atoms with Gasteiger partial charge in [-0.1, -0.05) is 56.8 Å². The Morgan fingerprint density at radius 2 is 1.48 bits per heavy atom. The molecule has 1 heterocycles. The Bertz CT molecular complexity index is 1060. The zero-order valence-corrected chi connectivity index (χ0v) is 16.1. The van der Waals surface area contributed by atoms with E-state index in [0.29, 0.717) is 16.5 Å². The molecular formula is C22H19NO3S. The van der Waals surface area contributed by atoms with Gasteiger partial charge in [0.2, 0.25) is 0 Å². The van der Waals surface area contributed by atoms with Crippen molar-refractivity contribution in [1.29, 1.82) is 0 Å². The third kappa shape index (κ3) is 2.93. The van der Waals surface area contributed by atoms with Gasteiger partial charge < -0.3 is 0 Å². The van der Waals surface area contributed by atoms with Crippen molar-refractivity contribution < 1.29 is 14.8 Å². The maximum absolute atomic E-state index is 12.3. The van der Waals surface area contributed by atoms with E-state index in [1.54, 1.807) is 30.0 Å². The van der Waals surface area contributed by atoms with Crippen LogP contribution in [0, 0.1) is 0 Å². The zero-order chi connectivity index (χ0) is 19.3. The zero-order valence-electron chi connectivity index (χ0n) is 15.3. The number of imide groups is 1. The number of carbonyl (C=O) groups is 2. The Morgan fingerprint density at radius 3 is 2.11 bits per heavy atom. The molecule has 0 saturated carbocycles. The first-order valence-electron chi connectivity index (χ1n) is 8.69. The molecule has 2 amide bonds. The second kappa shape index (κ2) is 6.22. The third-order valence-corrected chi connectivity index (χ3v) is 5.88. The van der Waals surface area contributed by atoms with E-state index < -0.39 is 11.8 Å². The molecular weight excluding hydrogens is 358 g/mol. The lowest BCUT2D eigenvalue weighted by Crippen LogP contribution is -2.37. The quantitative estimate of drug-likeness (QED) is 0.488. The summed E-state index contributed by atoms with van der Waals surface area (Å²) in [5, 5.41) is 11.4. The number of hydroxylamine groups is 2. The van der Waals surface area contributed by atoms with E-state index in [2.05, 4.69) is 45.0 Å². The molecule has 0 aliphatic carbocycles. The van der Waals surface area contributed by atoms with Crippen LogP contribution in [-0.2, 0) is 5.41 Å². The Labute approximate surface area is 161 Å². The van der Waals surface area contributed by atoms with Crippen molar-refractivity contribution >= 4 is 34.3 Å². The molecule has 4 rings (SSSR count). The number of benzene rings is 3. The van der Waals surface area contributed by atoms with Crippen molar-refractivity contribution in [3.8, 4) is 0 Å². The van der Waals surface area contributed by atoms with Crippen LogP contribution in [0.4, 0.5) is 0 Å². The summed E-state index contributed by atoms with van der Waals surface area (Å²) >= 11 is 1.59. The van der Waals surface area contributed by atoms with Gasteiger partial charge in [0, 0.05) is 15.2 Å². The first-order chi connectivity index (χ1) is 12.8. The van der Waals surface area contributed by atoms with Gasteiger partial charge in [-0.25, -0.2) is 0 Å². The molecule has 0 spiro atoms. The van der Waals surface area contributed by atoms with Gasteiger partial charge in [-0.15, -0.1) is 5.06 Å². The molecule has 3 aromatic rings. The molecule has 0 fully saturated rings. The second-order valence-corrected chi connectivity index (χ2v) is 8.75. The predicted octanol–water partition coefficient (Wildman–Crippen LogP) is 5.27. The standard InChI is InChI=1S/C22H19NO3S/c1-22(2,3)13-7-9-14(10-8-13)27-18-12-11-17-19-15(18)5-4-6-16(19)20(24)23(26)21(17)25/h4-12,26H,1-3H3. The highest BCUT2D eigenvalue weighted by molar-refractivity contribution is 7.99. The molecule has 4 nitrogen and oxygen atoms in total. The molecule has 0 atom stereocenters. The lowest BCUT2D eigenvalue weighted by atomic mass is 9.87. The predicted molar refractivity (Wildman–Crippen MR) is 105 cm³/mol. The average molecular weight is 377 g/mol. The number of nitrogens with zero attached hydrogens (tertiary/aromatic N) is 1. The molecule has 1 N–H and O–H groups in total. The molecule has 0 radical (unpaired) electrons. The molecule has 0 unspecified atom stereocenters. The SMILES string of the molecule is CC(C)(C)c1ccc(Sc2ccc3c4c(cccc24)C(=O)N(O)C3=O)cc1. The van der Waals surface area contributed by atoms with Crippen LogP contribution in [-0.4, -0.2) is 22.1 Å². The fourth-order valence-electron chi connectivity index (χ4n) is 3.30. The molecule has 0 saturated heterocycles. The van der Waals surface area contributed by atoms with Gasteiger partial charge in [-0.3, -0.25) is 14.8 Å². The molecule has 136 valence electrons. The highest BCUT2D eigenvalue weighted by Crippen LogP contribution is 2.39. The number of hydrogen-bond acceptors (Lipinski definition) is 4. The number of rotatable bonds is 2. The summed E-state index contributed by atoms with van der Waals surface area (Å²) in [6.45, 7) is 6.54. The first kappa shape index (κ1) is 17.8. The largest absolute Gasteiger partial charge is 0.285 e. The van der Waals surface area contributed by atoms with E-state index in [-0.39, 0.29) is 10.5 Å². The summed E-state index contributed by atoms with van der Waals surface area (Å²) in [6.07, 6.45) is 0. The minimum absolute atomic E-state index is 0.0976. The van der Waals surface area contributed by atoms with Crippen LogP contribution in [0.2, 0.25) is 0 Å². The summed E-state index contributed by atoms with van der Waals surface area (Å²) in [7, 11) is 0. The Hall–Kier alpha value is -2.63. The molecule has 1 aliphatic heterocycles. The summed E-state index contributed by atoms with van der Waals surface area (Å²) in [6, 6.07) is 17.3. The van der Waals surface area contributed by atoms with Crippen LogP contribution in [0.25, 0.3) is 10.8 Å². The van der Waals surface area contributed by atoms with Crippen molar-refractivity contribution in [2.24, 2.45) is 0 Å². The van der Waals surface area contributed by atoms with Crippen molar-refractivity contribution in [2.45, 2.75) is 36.0 Å². The molecule has 0 aromatic heterocycles. The van der Waals surface area contributed by atoms with E-state index in [4.69, 9.17) is 0 Å².